The minimum Gasteiger partial charge on any atom is -0.347 e. The minimum absolute atomic E-state index is 0.0819. The van der Waals surface area contributed by atoms with E-state index < -0.39 is 0 Å². The minimum atomic E-state index is -0.0884. The quantitative estimate of drug-likeness (QED) is 0.525. The summed E-state index contributed by atoms with van der Waals surface area (Å²) in [5.41, 5.74) is 4.47. The van der Waals surface area contributed by atoms with Gasteiger partial charge >= 0.3 is 0 Å². The van der Waals surface area contributed by atoms with Crippen molar-refractivity contribution in [1.29, 1.82) is 0 Å². The highest BCUT2D eigenvalue weighted by molar-refractivity contribution is 8.14. The SMILES string of the molecule is CN1c2c(cnn(Cc3cccc4[nH]ncc34)c2=O)C2SC(Cc3cc[nH]n3)=NC21. The monoisotopic (exact) mass is 418 g/mol. The van der Waals surface area contributed by atoms with Crippen molar-refractivity contribution in [2.75, 3.05) is 11.9 Å². The van der Waals surface area contributed by atoms with Crippen molar-refractivity contribution in [2.45, 2.75) is 24.4 Å². The lowest BCUT2D eigenvalue weighted by Crippen LogP contribution is -2.32. The van der Waals surface area contributed by atoms with Crippen molar-refractivity contribution in [3.8, 4) is 0 Å². The normalized spacial score (nSPS) is 19.9. The van der Waals surface area contributed by atoms with Crippen LogP contribution < -0.4 is 10.5 Å². The second-order valence-electron chi connectivity index (χ2n) is 7.49. The van der Waals surface area contributed by atoms with Crippen molar-refractivity contribution in [3.63, 3.8) is 0 Å². The number of fused-ring (bicyclic) bond motifs is 4. The number of hydrogen-bond acceptors (Lipinski definition) is 7. The summed E-state index contributed by atoms with van der Waals surface area (Å²) in [5.74, 6) is 0. The molecule has 0 aliphatic carbocycles. The topological polar surface area (TPSA) is 108 Å². The van der Waals surface area contributed by atoms with E-state index in [1.54, 1.807) is 18.0 Å². The van der Waals surface area contributed by atoms with Crippen molar-refractivity contribution in [2.24, 2.45) is 4.99 Å². The fraction of sp³-hybridized carbons (Fsp3) is 0.250. The fourth-order valence-electron chi connectivity index (χ4n) is 4.23. The number of likely N-dealkylation sites (N-methyl/N-ethyl adjacent to an activating group) is 1. The first kappa shape index (κ1) is 17.5. The number of anilines is 1. The Bertz CT molecular complexity index is 1340. The van der Waals surface area contributed by atoms with Gasteiger partial charge in [0.15, 0.2) is 0 Å². The van der Waals surface area contributed by atoms with Gasteiger partial charge in [-0.2, -0.15) is 15.3 Å². The van der Waals surface area contributed by atoms with Crippen LogP contribution in [-0.2, 0) is 13.0 Å². The molecule has 1 aromatic carbocycles. The van der Waals surface area contributed by atoms with Crippen LogP contribution in [0.3, 0.4) is 0 Å². The van der Waals surface area contributed by atoms with Gasteiger partial charge in [-0.3, -0.25) is 20.0 Å². The molecule has 0 spiro atoms. The highest BCUT2D eigenvalue weighted by Gasteiger charge is 2.44. The van der Waals surface area contributed by atoms with E-state index in [0.717, 1.165) is 32.8 Å². The van der Waals surface area contributed by atoms with Gasteiger partial charge < -0.3 is 4.90 Å². The molecule has 2 N–H and O–H groups in total. The summed E-state index contributed by atoms with van der Waals surface area (Å²) in [7, 11) is 1.94. The number of aliphatic imine (C=N–C) groups is 1. The molecule has 0 saturated heterocycles. The lowest BCUT2D eigenvalue weighted by molar-refractivity contribution is 0.639. The van der Waals surface area contributed by atoms with E-state index in [2.05, 4.69) is 25.5 Å². The van der Waals surface area contributed by atoms with Crippen molar-refractivity contribution in [1.82, 2.24) is 30.2 Å². The maximum atomic E-state index is 13.3. The van der Waals surface area contributed by atoms with Crippen LogP contribution in [0.1, 0.15) is 22.1 Å². The molecule has 2 aliphatic heterocycles. The molecule has 6 rings (SSSR count). The number of hydrogen-bond donors (Lipinski definition) is 2. The highest BCUT2D eigenvalue weighted by atomic mass is 32.2. The molecule has 5 heterocycles. The largest absolute Gasteiger partial charge is 0.347 e. The van der Waals surface area contributed by atoms with Crippen LogP contribution >= 0.6 is 11.8 Å². The van der Waals surface area contributed by atoms with Crippen LogP contribution in [0.2, 0.25) is 0 Å². The maximum absolute atomic E-state index is 13.3. The lowest BCUT2D eigenvalue weighted by Gasteiger charge is -2.18. The third kappa shape index (κ3) is 2.60. The average molecular weight is 418 g/mol. The molecule has 0 bridgehead atoms. The van der Waals surface area contributed by atoms with Crippen LogP contribution in [-0.4, -0.2) is 48.4 Å². The van der Waals surface area contributed by atoms with Crippen LogP contribution in [0.15, 0.2) is 52.6 Å². The van der Waals surface area contributed by atoms with Gasteiger partial charge in [-0.25, -0.2) is 4.68 Å². The molecular weight excluding hydrogens is 400 g/mol. The van der Waals surface area contributed by atoms with Crippen molar-refractivity contribution in [3.05, 3.63) is 70.0 Å². The summed E-state index contributed by atoms with van der Waals surface area (Å²) in [4.78, 5) is 20.1. The van der Waals surface area contributed by atoms with E-state index >= 15 is 0 Å². The number of thioether (sulfide) groups is 1. The number of benzene rings is 1. The molecular formula is C20H18N8OS. The van der Waals surface area contributed by atoms with Gasteiger partial charge in [0, 0.05) is 30.6 Å². The first-order valence-corrected chi connectivity index (χ1v) is 10.5. The van der Waals surface area contributed by atoms with Gasteiger partial charge in [-0.05, 0) is 17.7 Å². The molecule has 0 fully saturated rings. The number of nitrogens with one attached hydrogen (secondary N) is 2. The third-order valence-electron chi connectivity index (χ3n) is 5.70. The van der Waals surface area contributed by atoms with E-state index in [1.807, 2.05) is 48.6 Å². The Morgan fingerprint density at radius 2 is 2.17 bits per heavy atom. The van der Waals surface area contributed by atoms with Gasteiger partial charge in [0.1, 0.15) is 11.9 Å². The Morgan fingerprint density at radius 1 is 1.23 bits per heavy atom. The highest BCUT2D eigenvalue weighted by Crippen LogP contribution is 2.49. The zero-order chi connectivity index (χ0) is 20.2. The first-order chi connectivity index (χ1) is 14.7. The molecule has 4 aromatic rings. The van der Waals surface area contributed by atoms with Crippen molar-refractivity contribution < 1.29 is 0 Å². The standard InChI is InChI=1S/C20H18N8OS/c1-27-17-14(18-19(27)24-16(30-18)7-12-5-6-21-25-12)9-23-28(20(17)29)10-11-3-2-4-15-13(11)8-22-26-15/h2-6,8-9,18-19H,7,10H2,1H3,(H,21,25)(H,22,26). The van der Waals surface area contributed by atoms with E-state index in [-0.39, 0.29) is 17.0 Å². The van der Waals surface area contributed by atoms with E-state index in [4.69, 9.17) is 4.99 Å². The number of aromatic amines is 2. The molecule has 3 aromatic heterocycles. The third-order valence-corrected chi connectivity index (χ3v) is 6.97. The average Bonchev–Trinajstić information content (AvgIpc) is 3.52. The predicted octanol–water partition coefficient (Wildman–Crippen LogP) is 2.10. The zero-order valence-electron chi connectivity index (χ0n) is 16.1. The Morgan fingerprint density at radius 3 is 3.03 bits per heavy atom. The number of rotatable bonds is 4. The van der Waals surface area contributed by atoms with Crippen LogP contribution in [0, 0.1) is 0 Å². The summed E-state index contributed by atoms with van der Waals surface area (Å²) in [6.45, 7) is 0.396. The molecule has 10 heteroatoms. The fourth-order valence-corrected chi connectivity index (χ4v) is 5.58. The predicted molar refractivity (Wildman–Crippen MR) is 116 cm³/mol. The molecule has 150 valence electrons. The Kier molecular flexibility index (Phi) is 3.82. The second kappa shape index (κ2) is 6.56. The summed E-state index contributed by atoms with van der Waals surface area (Å²) >= 11 is 1.70. The van der Waals surface area contributed by atoms with Gasteiger partial charge in [-0.15, -0.1) is 0 Å². The van der Waals surface area contributed by atoms with Gasteiger partial charge in [0.05, 0.1) is 40.4 Å². The zero-order valence-corrected chi connectivity index (χ0v) is 16.9. The van der Waals surface area contributed by atoms with Crippen LogP contribution in [0.5, 0.6) is 0 Å². The van der Waals surface area contributed by atoms with E-state index in [1.165, 1.54) is 4.68 Å². The summed E-state index contributed by atoms with van der Waals surface area (Å²) < 4.78 is 1.52. The van der Waals surface area contributed by atoms with Gasteiger partial charge in [0.2, 0.25) is 0 Å². The number of nitrogens with zero attached hydrogens (tertiary/aromatic N) is 6. The summed E-state index contributed by atoms with van der Waals surface area (Å²) in [6.07, 6.45) is 6.04. The Hall–Kier alpha value is -3.40. The first-order valence-electron chi connectivity index (χ1n) is 9.65. The molecule has 2 atom stereocenters. The summed E-state index contributed by atoms with van der Waals surface area (Å²) in [5, 5.41) is 20.7. The molecule has 2 unspecified atom stereocenters. The molecule has 9 nitrogen and oxygen atoms in total. The Labute approximate surface area is 175 Å². The van der Waals surface area contributed by atoms with E-state index in [9.17, 15) is 4.79 Å². The van der Waals surface area contributed by atoms with Crippen molar-refractivity contribution >= 4 is 33.4 Å². The molecule has 0 amide bonds. The number of aromatic nitrogens is 6. The molecule has 0 radical (unpaired) electrons. The lowest BCUT2D eigenvalue weighted by atomic mass is 10.1. The smallest absolute Gasteiger partial charge is 0.290 e. The molecule has 0 saturated carbocycles. The van der Waals surface area contributed by atoms with E-state index in [0.29, 0.717) is 18.7 Å². The maximum Gasteiger partial charge on any atom is 0.290 e. The Balaban J connectivity index is 1.32. The van der Waals surface area contributed by atoms with Gasteiger partial charge in [-0.1, -0.05) is 23.9 Å². The summed E-state index contributed by atoms with van der Waals surface area (Å²) in [6, 6.07) is 7.88. The van der Waals surface area contributed by atoms with Crippen LogP contribution in [0.4, 0.5) is 5.69 Å². The van der Waals surface area contributed by atoms with Gasteiger partial charge in [0.25, 0.3) is 5.56 Å². The van der Waals surface area contributed by atoms with Crippen LogP contribution in [0.25, 0.3) is 10.9 Å². The second-order valence-corrected chi connectivity index (χ2v) is 8.70. The molecule has 2 aliphatic rings. The number of H-pyrrole nitrogens is 2. The molecule has 30 heavy (non-hydrogen) atoms.